The molecule has 11 heteroatoms. The molecule has 1 aliphatic rings. The van der Waals surface area contributed by atoms with Crippen molar-refractivity contribution in [1.82, 2.24) is 4.57 Å². The van der Waals surface area contributed by atoms with Crippen LogP contribution in [0, 0.1) is 0 Å². The number of carbonyl (C=O) groups is 1. The van der Waals surface area contributed by atoms with Crippen LogP contribution in [0.5, 0.6) is 5.75 Å². The minimum atomic E-state index is -4.64. The monoisotopic (exact) mass is 494 g/mol. The van der Waals surface area contributed by atoms with Gasteiger partial charge in [0, 0.05) is 11.9 Å². The van der Waals surface area contributed by atoms with Crippen molar-refractivity contribution in [3.05, 3.63) is 72.1 Å². The molecule has 0 fully saturated rings. The number of sulfonamides is 1. The maximum absolute atomic E-state index is 13.8. The first-order valence-corrected chi connectivity index (χ1v) is 11.9. The molecule has 1 unspecified atom stereocenters. The molecule has 4 rings (SSSR count). The summed E-state index contributed by atoms with van der Waals surface area (Å²) in [6.45, 7) is 3.48. The molecule has 0 bridgehead atoms. The van der Waals surface area contributed by atoms with Gasteiger partial charge in [0.15, 0.2) is 0 Å². The first-order chi connectivity index (χ1) is 16.1. The Morgan fingerprint density at radius 3 is 2.35 bits per heavy atom. The Balaban J connectivity index is 1.82. The third-order valence-electron chi connectivity index (χ3n) is 5.44. The standard InChI is InChI=1S/C23H21F3N2O5S/c1-3-18-19-6-5-13-27(19)20-12-7-15(23(24,25)26)14-21(20)28(18)34(30,31)17-10-8-16(9-11-17)33-22(29)32-4-2/h5-14,18H,3-4H2,1-2H3. The van der Waals surface area contributed by atoms with E-state index in [0.717, 1.165) is 16.4 Å². The van der Waals surface area contributed by atoms with Gasteiger partial charge in [-0.05, 0) is 67.9 Å². The lowest BCUT2D eigenvalue weighted by molar-refractivity contribution is -0.137. The van der Waals surface area contributed by atoms with Crippen molar-refractivity contribution >= 4 is 21.9 Å². The predicted molar refractivity (Wildman–Crippen MR) is 118 cm³/mol. The average molecular weight is 494 g/mol. The zero-order chi connectivity index (χ0) is 24.7. The quantitative estimate of drug-likeness (QED) is 0.336. The number of fused-ring (bicyclic) bond motifs is 3. The van der Waals surface area contributed by atoms with E-state index in [9.17, 15) is 26.4 Å². The van der Waals surface area contributed by atoms with Crippen LogP contribution in [-0.2, 0) is 20.9 Å². The Morgan fingerprint density at radius 1 is 1.03 bits per heavy atom. The van der Waals surface area contributed by atoms with Gasteiger partial charge < -0.3 is 14.0 Å². The smallest absolute Gasteiger partial charge is 0.434 e. The number of benzene rings is 2. The van der Waals surface area contributed by atoms with Crippen LogP contribution >= 0.6 is 0 Å². The van der Waals surface area contributed by atoms with Crippen LogP contribution in [0.25, 0.3) is 5.69 Å². The first-order valence-electron chi connectivity index (χ1n) is 10.5. The van der Waals surface area contributed by atoms with Crippen molar-refractivity contribution in [1.29, 1.82) is 0 Å². The molecular formula is C23H21F3N2O5S. The Bertz CT molecular complexity index is 1320. The molecule has 1 aliphatic heterocycles. The highest BCUT2D eigenvalue weighted by atomic mass is 32.2. The van der Waals surface area contributed by atoms with Crippen LogP contribution in [0.15, 0.2) is 65.7 Å². The molecule has 3 aromatic rings. The average Bonchev–Trinajstić information content (AvgIpc) is 3.27. The summed E-state index contributed by atoms with van der Waals surface area (Å²) in [6.07, 6.45) is -3.57. The van der Waals surface area contributed by atoms with Crippen molar-refractivity contribution in [2.45, 2.75) is 37.4 Å². The van der Waals surface area contributed by atoms with Gasteiger partial charge in [-0.15, -0.1) is 0 Å². The summed E-state index contributed by atoms with van der Waals surface area (Å²) in [7, 11) is -4.29. The van der Waals surface area contributed by atoms with Gasteiger partial charge in [-0.2, -0.15) is 13.2 Å². The number of hydrogen-bond donors (Lipinski definition) is 0. The largest absolute Gasteiger partial charge is 0.513 e. The Kier molecular flexibility index (Phi) is 6.07. The molecule has 1 atom stereocenters. The molecule has 0 radical (unpaired) electrons. The van der Waals surface area contributed by atoms with Gasteiger partial charge in [0.1, 0.15) is 5.75 Å². The van der Waals surface area contributed by atoms with Crippen molar-refractivity contribution in [3.8, 4) is 11.4 Å². The van der Waals surface area contributed by atoms with Crippen LogP contribution in [0.4, 0.5) is 23.7 Å². The van der Waals surface area contributed by atoms with Crippen LogP contribution in [0.3, 0.4) is 0 Å². The molecular weight excluding hydrogens is 473 g/mol. The van der Waals surface area contributed by atoms with E-state index in [1.54, 1.807) is 36.7 Å². The van der Waals surface area contributed by atoms with Gasteiger partial charge in [-0.25, -0.2) is 13.2 Å². The summed E-state index contributed by atoms with van der Waals surface area (Å²) in [5, 5.41) is 0. The van der Waals surface area contributed by atoms with Gasteiger partial charge in [0.25, 0.3) is 10.0 Å². The molecule has 34 heavy (non-hydrogen) atoms. The molecule has 0 saturated carbocycles. The van der Waals surface area contributed by atoms with E-state index < -0.39 is 34.0 Å². The van der Waals surface area contributed by atoms with Gasteiger partial charge in [0.05, 0.1) is 34.5 Å². The second kappa shape index (κ2) is 8.71. The van der Waals surface area contributed by atoms with E-state index in [4.69, 9.17) is 4.74 Å². The third-order valence-corrected chi connectivity index (χ3v) is 7.27. The van der Waals surface area contributed by atoms with Crippen LogP contribution in [0.1, 0.15) is 37.6 Å². The first kappa shape index (κ1) is 23.7. The van der Waals surface area contributed by atoms with Crippen molar-refractivity contribution < 1.29 is 35.9 Å². The SMILES string of the molecule is CCOC(=O)Oc1ccc(S(=O)(=O)N2c3cc(C(F)(F)F)ccc3-n3cccc3C2CC)cc1. The summed E-state index contributed by atoms with van der Waals surface area (Å²) in [4.78, 5) is 11.3. The van der Waals surface area contributed by atoms with Crippen molar-refractivity contribution in [3.63, 3.8) is 0 Å². The number of halogens is 3. The van der Waals surface area contributed by atoms with Crippen LogP contribution < -0.4 is 9.04 Å². The van der Waals surface area contributed by atoms with Crippen molar-refractivity contribution in [2.24, 2.45) is 0 Å². The summed E-state index contributed by atoms with van der Waals surface area (Å²) in [5.41, 5.74) is -0.0588. The molecule has 0 spiro atoms. The number of hydrogen-bond acceptors (Lipinski definition) is 5. The fourth-order valence-electron chi connectivity index (χ4n) is 3.96. The minimum absolute atomic E-state index is 0.0664. The molecule has 180 valence electrons. The highest BCUT2D eigenvalue weighted by Gasteiger charge is 2.40. The molecule has 0 saturated heterocycles. The molecule has 0 aliphatic carbocycles. The molecule has 2 aromatic carbocycles. The van der Waals surface area contributed by atoms with E-state index in [1.807, 2.05) is 0 Å². The minimum Gasteiger partial charge on any atom is -0.434 e. The normalized spacial score (nSPS) is 15.4. The Morgan fingerprint density at radius 2 is 1.74 bits per heavy atom. The van der Waals surface area contributed by atoms with Gasteiger partial charge in [-0.3, -0.25) is 4.31 Å². The van der Waals surface area contributed by atoms with Gasteiger partial charge in [-0.1, -0.05) is 6.92 Å². The highest BCUT2D eigenvalue weighted by molar-refractivity contribution is 7.92. The second-order valence-electron chi connectivity index (χ2n) is 7.49. The molecule has 1 aromatic heterocycles. The second-order valence-corrected chi connectivity index (χ2v) is 9.30. The Hall–Kier alpha value is -3.47. The zero-order valence-corrected chi connectivity index (χ0v) is 19.1. The number of aromatic nitrogens is 1. The van der Waals surface area contributed by atoms with Crippen LogP contribution in [-0.4, -0.2) is 25.7 Å². The lowest BCUT2D eigenvalue weighted by Crippen LogP contribution is -2.39. The molecule has 0 amide bonds. The van der Waals surface area contributed by atoms with Crippen molar-refractivity contribution in [2.75, 3.05) is 10.9 Å². The predicted octanol–water partition coefficient (Wildman–Crippen LogP) is 5.69. The number of rotatable bonds is 5. The number of carbonyl (C=O) groups excluding carboxylic acids is 1. The van der Waals surface area contributed by atoms with Gasteiger partial charge in [0.2, 0.25) is 0 Å². The van der Waals surface area contributed by atoms with E-state index in [0.29, 0.717) is 17.8 Å². The van der Waals surface area contributed by atoms with E-state index >= 15 is 0 Å². The fraction of sp³-hybridized carbons (Fsp3) is 0.261. The summed E-state index contributed by atoms with van der Waals surface area (Å²) < 4.78 is 80.4. The lowest BCUT2D eigenvalue weighted by Gasteiger charge is -2.38. The summed E-state index contributed by atoms with van der Waals surface area (Å²) in [6, 6.07) is 10.8. The molecule has 7 nitrogen and oxygen atoms in total. The number of alkyl halides is 3. The van der Waals surface area contributed by atoms with E-state index in [1.165, 1.54) is 30.3 Å². The maximum atomic E-state index is 13.8. The highest BCUT2D eigenvalue weighted by Crippen LogP contribution is 2.45. The summed E-state index contributed by atoms with van der Waals surface area (Å²) in [5.74, 6) is 0.0664. The van der Waals surface area contributed by atoms with Gasteiger partial charge >= 0.3 is 12.3 Å². The lowest BCUT2D eigenvalue weighted by atomic mass is 10.0. The number of ether oxygens (including phenoxy) is 2. The number of nitrogens with zero attached hydrogens (tertiary/aromatic N) is 2. The zero-order valence-electron chi connectivity index (χ0n) is 18.2. The summed E-state index contributed by atoms with van der Waals surface area (Å²) >= 11 is 0. The maximum Gasteiger partial charge on any atom is 0.513 e. The Labute approximate surface area is 194 Å². The van der Waals surface area contributed by atoms with E-state index in [2.05, 4.69) is 4.74 Å². The molecule has 0 N–H and O–H groups in total. The van der Waals surface area contributed by atoms with Crippen LogP contribution in [0.2, 0.25) is 0 Å². The van der Waals surface area contributed by atoms with E-state index in [-0.39, 0.29) is 22.9 Å². The fourth-order valence-corrected chi connectivity index (χ4v) is 5.67. The number of anilines is 1. The molecule has 2 heterocycles. The third kappa shape index (κ3) is 4.11. The topological polar surface area (TPSA) is 77.8 Å².